The van der Waals surface area contributed by atoms with Gasteiger partial charge in [-0.15, -0.1) is 0 Å². The van der Waals surface area contributed by atoms with Crippen LogP contribution in [0, 0.1) is 5.92 Å². The molecule has 1 saturated carbocycles. The average Bonchev–Trinajstić information content (AvgIpc) is 2.97. The summed E-state index contributed by atoms with van der Waals surface area (Å²) in [6.07, 6.45) is 4.13. The van der Waals surface area contributed by atoms with Crippen LogP contribution in [0.25, 0.3) is 0 Å². The number of rotatable bonds is 4. The van der Waals surface area contributed by atoms with Crippen molar-refractivity contribution in [3.63, 3.8) is 0 Å². The minimum absolute atomic E-state index is 0.263. The summed E-state index contributed by atoms with van der Waals surface area (Å²) in [5.74, 6) is 0.330. The van der Waals surface area contributed by atoms with E-state index in [4.69, 9.17) is 10.5 Å². The lowest BCUT2D eigenvalue weighted by Crippen LogP contribution is -2.12. The van der Waals surface area contributed by atoms with Gasteiger partial charge in [-0.05, 0) is 31.7 Å². The molecular formula is C11H16N2O2. The number of ether oxygens (including phenoxy) is 1. The highest BCUT2D eigenvalue weighted by atomic mass is 16.5. The van der Waals surface area contributed by atoms with E-state index >= 15 is 0 Å². The first-order chi connectivity index (χ1) is 7.20. The lowest BCUT2D eigenvalue weighted by molar-refractivity contribution is 0.0474. The van der Waals surface area contributed by atoms with Crippen LogP contribution in [-0.2, 0) is 11.3 Å². The fourth-order valence-electron chi connectivity index (χ4n) is 1.52. The van der Waals surface area contributed by atoms with Crippen LogP contribution in [-0.4, -0.2) is 17.1 Å². The minimum Gasteiger partial charge on any atom is -0.461 e. The van der Waals surface area contributed by atoms with Gasteiger partial charge in [0.05, 0.1) is 12.3 Å². The summed E-state index contributed by atoms with van der Waals surface area (Å²) < 4.78 is 7.00. The number of aryl methyl sites for hydroxylation is 1. The number of aromatic nitrogens is 1. The molecule has 0 radical (unpaired) electrons. The summed E-state index contributed by atoms with van der Waals surface area (Å²) in [5, 5.41) is 0. The molecule has 2 rings (SSSR count). The normalized spacial score (nSPS) is 15.3. The Kier molecular flexibility index (Phi) is 2.66. The van der Waals surface area contributed by atoms with E-state index in [0.29, 0.717) is 23.9 Å². The van der Waals surface area contributed by atoms with Gasteiger partial charge in [0.1, 0.15) is 5.69 Å². The van der Waals surface area contributed by atoms with Gasteiger partial charge in [-0.1, -0.05) is 0 Å². The molecule has 0 unspecified atom stereocenters. The fraction of sp³-hybridized carbons (Fsp3) is 0.545. The van der Waals surface area contributed by atoms with E-state index in [-0.39, 0.29) is 5.97 Å². The Balaban J connectivity index is 2.02. The molecule has 4 nitrogen and oxygen atoms in total. The van der Waals surface area contributed by atoms with Crippen LogP contribution in [0.1, 0.15) is 30.3 Å². The number of anilines is 1. The molecule has 4 heteroatoms. The molecule has 1 aromatic heterocycles. The van der Waals surface area contributed by atoms with E-state index in [1.54, 1.807) is 12.3 Å². The van der Waals surface area contributed by atoms with Crippen molar-refractivity contribution in [1.82, 2.24) is 4.57 Å². The molecule has 82 valence electrons. The maximum atomic E-state index is 11.7. The molecule has 0 spiro atoms. The molecule has 1 fully saturated rings. The van der Waals surface area contributed by atoms with E-state index in [1.165, 1.54) is 12.8 Å². The van der Waals surface area contributed by atoms with Gasteiger partial charge in [-0.25, -0.2) is 4.79 Å². The standard InChI is InChI=1S/C11H16N2O2/c1-2-13-6-9(12)5-10(13)11(14)15-7-8-3-4-8/h5-6,8H,2-4,7,12H2,1H3. The van der Waals surface area contributed by atoms with Crippen LogP contribution in [0.4, 0.5) is 5.69 Å². The van der Waals surface area contributed by atoms with Gasteiger partial charge in [0, 0.05) is 12.7 Å². The Bertz CT molecular complexity index is 367. The highest BCUT2D eigenvalue weighted by Gasteiger charge is 2.24. The smallest absolute Gasteiger partial charge is 0.355 e. The number of nitrogens with zero attached hydrogens (tertiary/aromatic N) is 1. The van der Waals surface area contributed by atoms with E-state index in [1.807, 2.05) is 11.5 Å². The van der Waals surface area contributed by atoms with Gasteiger partial charge in [0.2, 0.25) is 0 Å². The van der Waals surface area contributed by atoms with E-state index in [9.17, 15) is 4.79 Å². The topological polar surface area (TPSA) is 57.2 Å². The monoisotopic (exact) mass is 208 g/mol. The van der Waals surface area contributed by atoms with Gasteiger partial charge in [0.15, 0.2) is 0 Å². The van der Waals surface area contributed by atoms with Crippen molar-refractivity contribution in [1.29, 1.82) is 0 Å². The van der Waals surface area contributed by atoms with Crippen LogP contribution < -0.4 is 5.73 Å². The molecule has 0 aliphatic heterocycles. The van der Waals surface area contributed by atoms with Crippen molar-refractivity contribution in [2.75, 3.05) is 12.3 Å². The zero-order valence-corrected chi connectivity index (χ0v) is 8.90. The predicted molar refractivity (Wildman–Crippen MR) is 57.5 cm³/mol. The third-order valence-corrected chi connectivity index (χ3v) is 2.61. The highest BCUT2D eigenvalue weighted by Crippen LogP contribution is 2.29. The number of nitrogens with two attached hydrogens (primary N) is 1. The molecule has 1 heterocycles. The van der Waals surface area contributed by atoms with Crippen molar-refractivity contribution in [2.24, 2.45) is 5.92 Å². The third kappa shape index (κ3) is 2.32. The summed E-state index contributed by atoms with van der Waals surface area (Å²) in [5.41, 5.74) is 6.79. The largest absolute Gasteiger partial charge is 0.461 e. The Morgan fingerprint density at radius 2 is 2.40 bits per heavy atom. The second kappa shape index (κ2) is 3.96. The molecule has 0 aromatic carbocycles. The SMILES string of the molecule is CCn1cc(N)cc1C(=O)OCC1CC1. The first-order valence-electron chi connectivity index (χ1n) is 5.33. The Labute approximate surface area is 89.0 Å². The number of nitrogen functional groups attached to an aromatic ring is 1. The van der Waals surface area contributed by atoms with E-state index in [0.717, 1.165) is 6.54 Å². The van der Waals surface area contributed by atoms with E-state index < -0.39 is 0 Å². The summed E-state index contributed by atoms with van der Waals surface area (Å²) >= 11 is 0. The van der Waals surface area contributed by atoms with E-state index in [2.05, 4.69) is 0 Å². The summed E-state index contributed by atoms with van der Waals surface area (Å²) in [6, 6.07) is 1.67. The number of esters is 1. The van der Waals surface area contributed by atoms with Gasteiger partial charge >= 0.3 is 5.97 Å². The molecule has 1 aliphatic carbocycles. The van der Waals surface area contributed by atoms with Gasteiger partial charge in [0.25, 0.3) is 0 Å². The summed E-state index contributed by atoms with van der Waals surface area (Å²) in [6.45, 7) is 3.25. The van der Waals surface area contributed by atoms with Crippen molar-refractivity contribution < 1.29 is 9.53 Å². The summed E-state index contributed by atoms with van der Waals surface area (Å²) in [7, 11) is 0. The summed E-state index contributed by atoms with van der Waals surface area (Å²) in [4.78, 5) is 11.7. The zero-order chi connectivity index (χ0) is 10.8. The molecule has 1 aromatic rings. The van der Waals surface area contributed by atoms with Crippen LogP contribution in [0.3, 0.4) is 0 Å². The lowest BCUT2D eigenvalue weighted by atomic mass is 10.4. The van der Waals surface area contributed by atoms with Crippen LogP contribution in [0.2, 0.25) is 0 Å². The second-order valence-corrected chi connectivity index (χ2v) is 3.99. The number of carbonyl (C=O) groups excluding carboxylic acids is 1. The lowest BCUT2D eigenvalue weighted by Gasteiger charge is -2.05. The molecule has 0 atom stereocenters. The molecular weight excluding hydrogens is 192 g/mol. The van der Waals surface area contributed by atoms with Crippen LogP contribution in [0.5, 0.6) is 0 Å². The second-order valence-electron chi connectivity index (χ2n) is 3.99. The minimum atomic E-state index is -0.263. The predicted octanol–water partition coefficient (Wildman–Crippen LogP) is 1.66. The third-order valence-electron chi connectivity index (χ3n) is 2.61. The van der Waals surface area contributed by atoms with Crippen molar-refractivity contribution in [3.8, 4) is 0 Å². The number of hydrogen-bond donors (Lipinski definition) is 1. The zero-order valence-electron chi connectivity index (χ0n) is 8.90. The molecule has 15 heavy (non-hydrogen) atoms. The molecule has 1 aliphatic rings. The van der Waals surface area contributed by atoms with Crippen molar-refractivity contribution >= 4 is 11.7 Å². The Morgan fingerprint density at radius 3 is 3.00 bits per heavy atom. The first kappa shape index (κ1) is 10.1. The van der Waals surface area contributed by atoms with Gasteiger partial charge in [-0.3, -0.25) is 0 Å². The molecule has 0 amide bonds. The quantitative estimate of drug-likeness (QED) is 0.765. The molecule has 0 saturated heterocycles. The maximum absolute atomic E-state index is 11.7. The highest BCUT2D eigenvalue weighted by molar-refractivity contribution is 5.89. The Hall–Kier alpha value is -1.45. The van der Waals surface area contributed by atoms with Crippen LogP contribution >= 0.6 is 0 Å². The number of carbonyl (C=O) groups is 1. The maximum Gasteiger partial charge on any atom is 0.355 e. The number of hydrogen-bond acceptors (Lipinski definition) is 3. The van der Waals surface area contributed by atoms with Crippen LogP contribution in [0.15, 0.2) is 12.3 Å². The average molecular weight is 208 g/mol. The van der Waals surface area contributed by atoms with Gasteiger partial charge < -0.3 is 15.0 Å². The van der Waals surface area contributed by atoms with Gasteiger partial charge in [-0.2, -0.15) is 0 Å². The van der Waals surface area contributed by atoms with Crippen molar-refractivity contribution in [3.05, 3.63) is 18.0 Å². The Morgan fingerprint density at radius 1 is 1.67 bits per heavy atom. The first-order valence-corrected chi connectivity index (χ1v) is 5.33. The molecule has 0 bridgehead atoms. The fourth-order valence-corrected chi connectivity index (χ4v) is 1.52. The van der Waals surface area contributed by atoms with Crippen molar-refractivity contribution in [2.45, 2.75) is 26.3 Å². The molecule has 2 N–H and O–H groups in total.